The van der Waals surface area contributed by atoms with Crippen LogP contribution in [-0.4, -0.2) is 25.4 Å². The Morgan fingerprint density at radius 2 is 2.21 bits per heavy atom. The monoisotopic (exact) mass is 277 g/mol. The van der Waals surface area contributed by atoms with E-state index < -0.39 is 24.5 Å². The number of esters is 1. The van der Waals surface area contributed by atoms with Crippen molar-refractivity contribution in [1.82, 2.24) is 0 Å². The van der Waals surface area contributed by atoms with Crippen LogP contribution in [-0.2, 0) is 14.3 Å². The fourth-order valence-electron chi connectivity index (χ4n) is 1.81. The van der Waals surface area contributed by atoms with Gasteiger partial charge in [-0.3, -0.25) is 0 Å². The number of allylic oxidation sites excluding steroid dienone is 2. The van der Waals surface area contributed by atoms with Crippen molar-refractivity contribution in [1.29, 1.82) is 5.26 Å². The van der Waals surface area contributed by atoms with E-state index in [-0.39, 0.29) is 37.4 Å². The zero-order chi connectivity index (χ0) is 14.5. The Morgan fingerprint density at radius 1 is 1.53 bits per heavy atom. The number of carbonyl (C=O) groups is 1. The summed E-state index contributed by atoms with van der Waals surface area (Å²) in [6, 6.07) is 1.71. The molecule has 1 atom stereocenters. The van der Waals surface area contributed by atoms with Crippen LogP contribution in [0.5, 0.6) is 0 Å². The minimum Gasteiger partial charge on any atom is -0.485 e. The highest BCUT2D eigenvalue weighted by atomic mass is 19.4. The van der Waals surface area contributed by atoms with Gasteiger partial charge in [-0.25, -0.2) is 4.79 Å². The summed E-state index contributed by atoms with van der Waals surface area (Å²) in [6.45, 7) is 1.44. The smallest absolute Gasteiger partial charge is 0.392 e. The van der Waals surface area contributed by atoms with E-state index in [1.54, 1.807) is 13.0 Å². The number of halogens is 3. The predicted molar refractivity (Wildman–Crippen MR) is 58.6 cm³/mol. The first-order chi connectivity index (χ1) is 8.88. The van der Waals surface area contributed by atoms with E-state index in [4.69, 9.17) is 10.00 Å². The van der Waals surface area contributed by atoms with Gasteiger partial charge in [-0.1, -0.05) is 0 Å². The Balaban J connectivity index is 2.65. The van der Waals surface area contributed by atoms with E-state index in [9.17, 15) is 18.0 Å². The van der Waals surface area contributed by atoms with Crippen LogP contribution >= 0.6 is 0 Å². The summed E-state index contributed by atoms with van der Waals surface area (Å²) in [5.41, 5.74) is -0.0436. The van der Waals surface area contributed by atoms with E-state index in [0.717, 1.165) is 0 Å². The van der Waals surface area contributed by atoms with Crippen LogP contribution < -0.4 is 0 Å². The van der Waals surface area contributed by atoms with Gasteiger partial charge in [0.05, 0.1) is 24.2 Å². The van der Waals surface area contributed by atoms with Crippen molar-refractivity contribution < 1.29 is 27.4 Å². The largest absolute Gasteiger partial charge is 0.485 e. The van der Waals surface area contributed by atoms with Crippen LogP contribution in [0.25, 0.3) is 0 Å². The number of ether oxygens (including phenoxy) is 2. The molecule has 7 heteroatoms. The summed E-state index contributed by atoms with van der Waals surface area (Å²) < 4.78 is 47.3. The Hall–Kier alpha value is -1.71. The van der Waals surface area contributed by atoms with Crippen LogP contribution in [0.1, 0.15) is 26.2 Å². The molecule has 106 valence electrons. The number of carbonyl (C=O) groups excluding carboxylic acids is 1. The molecule has 0 aromatic rings. The maximum absolute atomic E-state index is 12.5. The zero-order valence-electron chi connectivity index (χ0n) is 10.4. The van der Waals surface area contributed by atoms with Crippen molar-refractivity contribution in [3.63, 3.8) is 0 Å². The molecule has 0 aliphatic heterocycles. The third-order valence-corrected chi connectivity index (χ3v) is 2.77. The fourth-order valence-corrected chi connectivity index (χ4v) is 1.81. The molecule has 0 saturated heterocycles. The Bertz CT molecular complexity index is 409. The molecule has 0 N–H and O–H groups in total. The van der Waals surface area contributed by atoms with Crippen molar-refractivity contribution in [2.45, 2.75) is 32.4 Å². The first kappa shape index (κ1) is 15.3. The molecule has 1 aliphatic carbocycles. The van der Waals surface area contributed by atoms with Crippen molar-refractivity contribution in [3.8, 4) is 6.07 Å². The lowest BCUT2D eigenvalue weighted by Crippen LogP contribution is -2.27. The van der Waals surface area contributed by atoms with Crippen molar-refractivity contribution >= 4 is 5.97 Å². The van der Waals surface area contributed by atoms with Gasteiger partial charge in [0.1, 0.15) is 5.76 Å². The molecule has 0 saturated carbocycles. The van der Waals surface area contributed by atoms with E-state index in [2.05, 4.69) is 4.74 Å². The Kier molecular flexibility index (Phi) is 5.21. The van der Waals surface area contributed by atoms with Crippen LogP contribution in [0.3, 0.4) is 0 Å². The highest BCUT2D eigenvalue weighted by Crippen LogP contribution is 2.39. The SMILES string of the molecule is CCOC(=O)COC1=C(C#N)CC(C(F)(F)F)CC1. The summed E-state index contributed by atoms with van der Waals surface area (Å²) >= 11 is 0. The molecular weight excluding hydrogens is 263 g/mol. The fraction of sp³-hybridized carbons (Fsp3) is 0.667. The second-order valence-corrected chi connectivity index (χ2v) is 4.09. The van der Waals surface area contributed by atoms with Gasteiger partial charge in [-0.15, -0.1) is 0 Å². The maximum atomic E-state index is 12.5. The number of rotatable bonds is 4. The molecule has 0 heterocycles. The van der Waals surface area contributed by atoms with Gasteiger partial charge >= 0.3 is 12.1 Å². The van der Waals surface area contributed by atoms with Crippen molar-refractivity contribution in [2.75, 3.05) is 13.2 Å². The first-order valence-electron chi connectivity index (χ1n) is 5.85. The number of hydrogen-bond donors (Lipinski definition) is 0. The predicted octanol–water partition coefficient (Wildman–Crippen LogP) is 2.71. The Labute approximate surface area is 108 Å². The first-order valence-corrected chi connectivity index (χ1v) is 5.85. The van der Waals surface area contributed by atoms with E-state index in [0.29, 0.717) is 0 Å². The normalized spacial score (nSPS) is 19.8. The lowest BCUT2D eigenvalue weighted by molar-refractivity contribution is -0.177. The summed E-state index contributed by atoms with van der Waals surface area (Å²) in [5.74, 6) is -1.96. The highest BCUT2D eigenvalue weighted by Gasteiger charge is 2.42. The molecule has 0 spiro atoms. The van der Waals surface area contributed by atoms with E-state index >= 15 is 0 Å². The van der Waals surface area contributed by atoms with Crippen LogP contribution in [0, 0.1) is 17.2 Å². The lowest BCUT2D eigenvalue weighted by atomic mass is 9.87. The summed E-state index contributed by atoms with van der Waals surface area (Å²) in [6.07, 6.45) is -4.83. The van der Waals surface area contributed by atoms with Gasteiger partial charge in [0, 0.05) is 6.42 Å². The summed E-state index contributed by atoms with van der Waals surface area (Å²) in [7, 11) is 0. The second-order valence-electron chi connectivity index (χ2n) is 4.09. The van der Waals surface area contributed by atoms with Crippen LogP contribution in [0.15, 0.2) is 11.3 Å². The van der Waals surface area contributed by atoms with Gasteiger partial charge < -0.3 is 9.47 Å². The maximum Gasteiger partial charge on any atom is 0.392 e. The van der Waals surface area contributed by atoms with Crippen molar-refractivity contribution in [2.24, 2.45) is 5.92 Å². The van der Waals surface area contributed by atoms with E-state index in [1.807, 2.05) is 0 Å². The molecular formula is C12H14F3NO3. The third kappa shape index (κ3) is 4.47. The van der Waals surface area contributed by atoms with Crippen LogP contribution in [0.2, 0.25) is 0 Å². The molecule has 1 aliphatic rings. The molecule has 0 aromatic carbocycles. The standard InChI is InChI=1S/C12H14F3NO3/c1-2-18-11(17)7-19-10-4-3-9(12(13,14)15)5-8(10)6-16/h9H,2-5,7H2,1H3. The molecule has 0 amide bonds. The number of alkyl halides is 3. The number of hydrogen-bond acceptors (Lipinski definition) is 4. The quantitative estimate of drug-likeness (QED) is 0.741. The molecule has 0 radical (unpaired) electrons. The Morgan fingerprint density at radius 3 is 2.74 bits per heavy atom. The average molecular weight is 277 g/mol. The zero-order valence-corrected chi connectivity index (χ0v) is 10.4. The van der Waals surface area contributed by atoms with Crippen molar-refractivity contribution in [3.05, 3.63) is 11.3 Å². The molecule has 0 bridgehead atoms. The van der Waals surface area contributed by atoms with Gasteiger partial charge in [0.15, 0.2) is 6.61 Å². The minimum atomic E-state index is -4.31. The van der Waals surface area contributed by atoms with Gasteiger partial charge in [-0.05, 0) is 19.8 Å². The molecule has 1 unspecified atom stereocenters. The molecule has 4 nitrogen and oxygen atoms in total. The van der Waals surface area contributed by atoms with E-state index in [1.165, 1.54) is 0 Å². The molecule has 19 heavy (non-hydrogen) atoms. The number of nitriles is 1. The molecule has 0 fully saturated rings. The summed E-state index contributed by atoms with van der Waals surface area (Å²) in [5, 5.41) is 8.84. The molecule has 1 rings (SSSR count). The minimum absolute atomic E-state index is 0.00642. The van der Waals surface area contributed by atoms with Gasteiger partial charge in [0.25, 0.3) is 0 Å². The third-order valence-electron chi connectivity index (χ3n) is 2.77. The van der Waals surface area contributed by atoms with Gasteiger partial charge in [-0.2, -0.15) is 18.4 Å². The van der Waals surface area contributed by atoms with Crippen LogP contribution in [0.4, 0.5) is 13.2 Å². The highest BCUT2D eigenvalue weighted by molar-refractivity contribution is 5.70. The number of nitrogens with zero attached hydrogens (tertiary/aromatic N) is 1. The second kappa shape index (κ2) is 6.45. The summed E-state index contributed by atoms with van der Waals surface area (Å²) in [4.78, 5) is 11.1. The topological polar surface area (TPSA) is 59.3 Å². The van der Waals surface area contributed by atoms with Gasteiger partial charge in [0.2, 0.25) is 0 Å². The molecule has 0 aromatic heterocycles. The average Bonchev–Trinajstić information content (AvgIpc) is 2.35. The lowest BCUT2D eigenvalue weighted by Gasteiger charge is -2.25.